The minimum Gasteiger partial charge on any atom is -0.497 e. The van der Waals surface area contributed by atoms with E-state index in [0.29, 0.717) is 17.1 Å². The summed E-state index contributed by atoms with van der Waals surface area (Å²) in [4.78, 5) is 35.5. The number of methoxy groups -OCH3 is 3. The SMILES string of the molecule is COC(=O)c1ccc(COC(C)=O)c(SCc2ccc(OC)cc2)c1.COc1ccc(CSc2cc(C(=O)O)ccc2CO)cc1. The van der Waals surface area contributed by atoms with Gasteiger partial charge >= 0.3 is 17.9 Å². The maximum atomic E-state index is 11.8. The second-order valence-corrected chi connectivity index (χ2v) is 11.7. The van der Waals surface area contributed by atoms with Crippen molar-refractivity contribution >= 4 is 41.4 Å². The molecule has 0 aromatic heterocycles. The number of hydrogen-bond donors (Lipinski definition) is 2. The lowest BCUT2D eigenvalue weighted by molar-refractivity contribution is -0.142. The van der Waals surface area contributed by atoms with Crippen molar-refractivity contribution in [3.8, 4) is 11.5 Å². The first-order chi connectivity index (χ1) is 22.2. The molecule has 46 heavy (non-hydrogen) atoms. The number of esters is 2. The molecule has 0 heterocycles. The largest absolute Gasteiger partial charge is 0.497 e. The first-order valence-electron chi connectivity index (χ1n) is 14.0. The quantitative estimate of drug-likeness (QED) is 0.113. The van der Waals surface area contributed by atoms with Gasteiger partial charge in [-0.05, 0) is 65.2 Å². The Morgan fingerprint density at radius 1 is 0.674 bits per heavy atom. The van der Waals surface area contributed by atoms with Gasteiger partial charge in [0.2, 0.25) is 0 Å². The molecule has 4 rings (SSSR count). The summed E-state index contributed by atoms with van der Waals surface area (Å²) < 4.78 is 20.1. The zero-order valence-electron chi connectivity index (χ0n) is 26.0. The number of carboxylic acid groups (broad SMARTS) is 1. The van der Waals surface area contributed by atoms with Gasteiger partial charge in [-0.1, -0.05) is 36.4 Å². The third-order valence-electron chi connectivity index (χ3n) is 6.51. The fourth-order valence-electron chi connectivity index (χ4n) is 3.95. The normalized spacial score (nSPS) is 10.3. The third kappa shape index (κ3) is 11.2. The predicted octanol–water partition coefficient (Wildman–Crippen LogP) is 7.02. The summed E-state index contributed by atoms with van der Waals surface area (Å²) in [7, 11) is 4.59. The van der Waals surface area contributed by atoms with Crippen molar-refractivity contribution in [1.29, 1.82) is 0 Å². The molecular weight excluding hydrogens is 629 g/mol. The number of aliphatic hydroxyl groups is 1. The van der Waals surface area contributed by atoms with E-state index in [-0.39, 0.29) is 24.7 Å². The lowest BCUT2D eigenvalue weighted by Crippen LogP contribution is -2.04. The maximum absolute atomic E-state index is 11.8. The van der Waals surface area contributed by atoms with E-state index in [0.717, 1.165) is 43.5 Å². The summed E-state index contributed by atoms with van der Waals surface area (Å²) in [5.41, 5.74) is 4.49. The molecule has 0 bridgehead atoms. The highest BCUT2D eigenvalue weighted by Crippen LogP contribution is 2.30. The summed E-state index contributed by atoms with van der Waals surface area (Å²) in [5.74, 6) is 1.30. The van der Waals surface area contributed by atoms with Gasteiger partial charge in [0.15, 0.2) is 0 Å². The summed E-state index contributed by atoms with van der Waals surface area (Å²) in [5, 5.41) is 18.4. The van der Waals surface area contributed by atoms with Crippen molar-refractivity contribution in [1.82, 2.24) is 0 Å². The average Bonchev–Trinajstić information content (AvgIpc) is 3.09. The van der Waals surface area contributed by atoms with Gasteiger partial charge in [0.25, 0.3) is 0 Å². The van der Waals surface area contributed by atoms with Gasteiger partial charge in [0.05, 0.1) is 39.1 Å². The Morgan fingerprint density at radius 2 is 1.15 bits per heavy atom. The van der Waals surface area contributed by atoms with Gasteiger partial charge in [-0.25, -0.2) is 9.59 Å². The highest BCUT2D eigenvalue weighted by atomic mass is 32.2. The molecule has 0 amide bonds. The van der Waals surface area contributed by atoms with Crippen molar-refractivity contribution < 1.29 is 43.5 Å². The smallest absolute Gasteiger partial charge is 0.337 e. The van der Waals surface area contributed by atoms with Gasteiger partial charge in [0.1, 0.15) is 18.1 Å². The molecule has 242 valence electrons. The van der Waals surface area contributed by atoms with Gasteiger partial charge < -0.3 is 29.2 Å². The molecule has 4 aromatic carbocycles. The Morgan fingerprint density at radius 3 is 1.61 bits per heavy atom. The summed E-state index contributed by atoms with van der Waals surface area (Å²) in [6.07, 6.45) is 0. The van der Waals surface area contributed by atoms with Crippen molar-refractivity contribution in [2.75, 3.05) is 21.3 Å². The Bertz CT molecular complexity index is 1600. The van der Waals surface area contributed by atoms with Gasteiger partial charge in [-0.3, -0.25) is 4.79 Å². The average molecular weight is 665 g/mol. The second-order valence-electron chi connectivity index (χ2n) is 9.65. The summed E-state index contributed by atoms with van der Waals surface area (Å²) in [6, 6.07) is 25.5. The van der Waals surface area contributed by atoms with Crippen molar-refractivity contribution in [3.63, 3.8) is 0 Å². The number of benzene rings is 4. The Kier molecular flexibility index (Phi) is 14.5. The number of carboxylic acids is 1. The van der Waals surface area contributed by atoms with Crippen molar-refractivity contribution in [2.24, 2.45) is 0 Å². The molecule has 0 aliphatic carbocycles. The van der Waals surface area contributed by atoms with Crippen LogP contribution in [0.4, 0.5) is 0 Å². The van der Waals surface area contributed by atoms with Gasteiger partial charge in [-0.15, -0.1) is 23.5 Å². The van der Waals surface area contributed by atoms with Crippen LogP contribution in [0.25, 0.3) is 0 Å². The third-order valence-corrected chi connectivity index (χ3v) is 8.85. The van der Waals surface area contributed by atoms with Crippen LogP contribution in [0.5, 0.6) is 11.5 Å². The van der Waals surface area contributed by atoms with Gasteiger partial charge in [0, 0.05) is 33.8 Å². The van der Waals surface area contributed by atoms with Crippen LogP contribution in [-0.2, 0) is 39.0 Å². The molecule has 0 unspecified atom stereocenters. The first-order valence-corrected chi connectivity index (χ1v) is 16.0. The van der Waals surface area contributed by atoms with E-state index in [9.17, 15) is 19.5 Å². The number of hydrogen-bond acceptors (Lipinski definition) is 10. The molecule has 0 saturated carbocycles. The molecule has 4 aromatic rings. The number of ether oxygens (including phenoxy) is 4. The first kappa shape index (κ1) is 36.0. The molecule has 0 aliphatic heterocycles. The van der Waals surface area contributed by atoms with E-state index < -0.39 is 11.9 Å². The number of aromatic carboxylic acids is 1. The minimum atomic E-state index is -0.967. The van der Waals surface area contributed by atoms with Crippen molar-refractivity contribution in [2.45, 2.75) is 41.4 Å². The Labute approximate surface area is 276 Å². The predicted molar refractivity (Wildman–Crippen MR) is 178 cm³/mol. The molecule has 11 heteroatoms. The number of thioether (sulfide) groups is 2. The van der Waals surface area contributed by atoms with E-state index in [1.165, 1.54) is 31.9 Å². The number of rotatable bonds is 13. The Balaban J connectivity index is 0.000000254. The molecule has 0 spiro atoms. The summed E-state index contributed by atoms with van der Waals surface area (Å²) in [6.45, 7) is 1.43. The molecule has 0 radical (unpaired) electrons. The monoisotopic (exact) mass is 664 g/mol. The van der Waals surface area contributed by atoms with E-state index in [1.54, 1.807) is 56.3 Å². The van der Waals surface area contributed by atoms with E-state index >= 15 is 0 Å². The molecule has 9 nitrogen and oxygen atoms in total. The van der Waals surface area contributed by atoms with E-state index in [4.69, 9.17) is 24.1 Å². The highest BCUT2D eigenvalue weighted by molar-refractivity contribution is 7.98. The van der Waals surface area contributed by atoms with Crippen LogP contribution in [0.3, 0.4) is 0 Å². The Hall–Kier alpha value is -4.45. The van der Waals surface area contributed by atoms with Crippen LogP contribution >= 0.6 is 23.5 Å². The number of aliphatic hydroxyl groups excluding tert-OH is 1. The van der Waals surface area contributed by atoms with Crippen LogP contribution < -0.4 is 9.47 Å². The maximum Gasteiger partial charge on any atom is 0.337 e. The second kappa shape index (κ2) is 18.5. The lowest BCUT2D eigenvalue weighted by Gasteiger charge is -2.11. The van der Waals surface area contributed by atoms with Crippen LogP contribution in [0, 0.1) is 0 Å². The minimum absolute atomic E-state index is 0.106. The van der Waals surface area contributed by atoms with E-state index in [2.05, 4.69) is 0 Å². The molecule has 0 atom stereocenters. The molecular formula is C35H36O9S2. The molecule has 0 aliphatic rings. The zero-order valence-corrected chi connectivity index (χ0v) is 27.6. The summed E-state index contributed by atoms with van der Waals surface area (Å²) >= 11 is 3.07. The number of carbonyl (C=O) groups is 3. The van der Waals surface area contributed by atoms with Crippen LogP contribution in [-0.4, -0.2) is 49.5 Å². The fourth-order valence-corrected chi connectivity index (χ4v) is 6.03. The highest BCUT2D eigenvalue weighted by Gasteiger charge is 2.12. The standard InChI is InChI=1S/C19H20O5S.C16H16O4S/c1-13(20)24-11-16-7-6-15(19(21)23-3)10-18(16)25-12-14-4-8-17(22-2)9-5-14;1-20-14-6-2-11(3-7-14)10-21-15-8-12(16(18)19)4-5-13(15)9-17/h4-10H,11-12H2,1-3H3;2-8,17H,9-10H2,1H3,(H,18,19). The zero-order chi connectivity index (χ0) is 33.5. The van der Waals surface area contributed by atoms with Crippen LogP contribution in [0.15, 0.2) is 94.7 Å². The molecule has 2 N–H and O–H groups in total. The molecule has 0 saturated heterocycles. The molecule has 0 fully saturated rings. The van der Waals surface area contributed by atoms with Crippen LogP contribution in [0.1, 0.15) is 49.9 Å². The van der Waals surface area contributed by atoms with Crippen LogP contribution in [0.2, 0.25) is 0 Å². The van der Waals surface area contributed by atoms with E-state index in [1.807, 2.05) is 48.5 Å². The van der Waals surface area contributed by atoms with Gasteiger partial charge in [-0.2, -0.15) is 0 Å². The van der Waals surface area contributed by atoms with Crippen molar-refractivity contribution in [3.05, 3.63) is 118 Å². The fraction of sp³-hybridized carbons (Fsp3) is 0.229. The lowest BCUT2D eigenvalue weighted by atomic mass is 10.1. The topological polar surface area (TPSA) is 129 Å². The number of carbonyl (C=O) groups excluding carboxylic acids is 2.